The number of carbonyl (C=O) groups is 1. The lowest BCUT2D eigenvalue weighted by molar-refractivity contribution is 0.102. The van der Waals surface area contributed by atoms with Crippen LogP contribution in [-0.4, -0.2) is 44.0 Å². The first-order valence-electron chi connectivity index (χ1n) is 10.6. The maximum atomic E-state index is 12.8. The number of carbonyl (C=O) groups excluding carboxylic acids is 1. The average Bonchev–Trinajstić information content (AvgIpc) is 3.36. The first-order valence-corrected chi connectivity index (χ1v) is 12.7. The molecule has 2 heterocycles. The number of rotatable bonds is 8. The molecule has 2 N–H and O–H groups in total. The molecule has 4 aromatic rings. The number of amides is 1. The van der Waals surface area contributed by atoms with Gasteiger partial charge in [0.25, 0.3) is 11.9 Å². The van der Waals surface area contributed by atoms with E-state index >= 15 is 0 Å². The highest BCUT2D eigenvalue weighted by Gasteiger charge is 2.19. The molecule has 0 aliphatic heterocycles. The number of nitrogens with one attached hydrogen (secondary N) is 1. The van der Waals surface area contributed by atoms with Crippen molar-refractivity contribution in [2.24, 2.45) is 0 Å². The molecule has 0 aliphatic rings. The summed E-state index contributed by atoms with van der Waals surface area (Å²) in [6.07, 6.45) is 5.00. The van der Waals surface area contributed by atoms with Crippen molar-refractivity contribution in [2.75, 3.05) is 18.6 Å². The van der Waals surface area contributed by atoms with E-state index in [-0.39, 0.29) is 11.5 Å². The number of hydrogen-bond acceptors (Lipinski definition) is 7. The molecule has 0 fully saturated rings. The number of aromatic hydroxyl groups is 1. The summed E-state index contributed by atoms with van der Waals surface area (Å²) in [6.45, 7) is 3.81. The van der Waals surface area contributed by atoms with Crippen molar-refractivity contribution < 1.29 is 19.0 Å². The zero-order valence-corrected chi connectivity index (χ0v) is 19.6. The highest BCUT2D eigenvalue weighted by Crippen LogP contribution is 2.41. The van der Waals surface area contributed by atoms with Gasteiger partial charge in [0.05, 0.1) is 6.61 Å². The Balaban J connectivity index is 1.51. The van der Waals surface area contributed by atoms with Gasteiger partial charge in [-0.05, 0) is 48.7 Å². The van der Waals surface area contributed by atoms with E-state index in [2.05, 4.69) is 20.4 Å². The first kappa shape index (κ1) is 23.4. The zero-order chi connectivity index (χ0) is 24.1. The molecule has 4 rings (SSSR count). The van der Waals surface area contributed by atoms with Crippen LogP contribution < -0.4 is 10.6 Å². The molecule has 2 aromatic heterocycles. The second kappa shape index (κ2) is 9.99. The fourth-order valence-electron chi connectivity index (χ4n) is 3.43. The van der Waals surface area contributed by atoms with Crippen molar-refractivity contribution in [1.29, 1.82) is 0 Å². The SMILES string of the molecule is CCO[P@](C)(=O)c1ccc(Cc2ccccc2NC(=O)c2cnc(-n3cccn3)nc2O)cc1. The number of nitrogens with zero attached hydrogens (tertiary/aromatic N) is 4. The van der Waals surface area contributed by atoms with Gasteiger partial charge in [0.2, 0.25) is 13.2 Å². The normalized spacial score (nSPS) is 12.8. The molecule has 9 nitrogen and oxygen atoms in total. The highest BCUT2D eigenvalue weighted by atomic mass is 31.2. The van der Waals surface area contributed by atoms with E-state index in [0.29, 0.717) is 24.0 Å². The molecule has 2 aromatic carbocycles. The predicted molar refractivity (Wildman–Crippen MR) is 129 cm³/mol. The van der Waals surface area contributed by atoms with Crippen molar-refractivity contribution in [3.63, 3.8) is 0 Å². The maximum Gasteiger partial charge on any atom is 0.262 e. The van der Waals surface area contributed by atoms with E-state index in [1.807, 2.05) is 49.4 Å². The minimum atomic E-state index is -2.83. The van der Waals surface area contributed by atoms with Crippen LogP contribution in [-0.2, 0) is 15.5 Å². The Kier molecular flexibility index (Phi) is 6.86. The Bertz CT molecular complexity index is 1340. The van der Waals surface area contributed by atoms with Crippen LogP contribution in [0.4, 0.5) is 5.69 Å². The van der Waals surface area contributed by atoms with Gasteiger partial charge in [0.15, 0.2) is 0 Å². The van der Waals surface area contributed by atoms with Gasteiger partial charge >= 0.3 is 0 Å². The summed E-state index contributed by atoms with van der Waals surface area (Å²) in [5, 5.41) is 17.8. The molecule has 0 bridgehead atoms. The Labute approximate surface area is 196 Å². The molecular formula is C24H24N5O4P. The van der Waals surface area contributed by atoms with E-state index in [0.717, 1.165) is 11.1 Å². The molecule has 0 saturated heterocycles. The summed E-state index contributed by atoms with van der Waals surface area (Å²) < 4.78 is 19.4. The molecule has 0 aliphatic carbocycles. The zero-order valence-electron chi connectivity index (χ0n) is 18.8. The molecule has 0 radical (unpaired) electrons. The van der Waals surface area contributed by atoms with Crippen LogP contribution in [0.15, 0.2) is 73.2 Å². The van der Waals surface area contributed by atoms with Crippen molar-refractivity contribution in [3.8, 4) is 11.8 Å². The molecule has 1 atom stereocenters. The van der Waals surface area contributed by atoms with Crippen LogP contribution in [0.2, 0.25) is 0 Å². The van der Waals surface area contributed by atoms with Gasteiger partial charge in [-0.3, -0.25) is 9.36 Å². The number of benzene rings is 2. The largest absolute Gasteiger partial charge is 0.493 e. The van der Waals surface area contributed by atoms with Crippen LogP contribution in [0, 0.1) is 0 Å². The molecule has 10 heteroatoms. The average molecular weight is 477 g/mol. The van der Waals surface area contributed by atoms with Gasteiger partial charge < -0.3 is 14.9 Å². The number of aromatic nitrogens is 4. The van der Waals surface area contributed by atoms with E-state index in [1.165, 1.54) is 10.9 Å². The summed E-state index contributed by atoms with van der Waals surface area (Å²) in [7, 11) is -2.83. The summed E-state index contributed by atoms with van der Waals surface area (Å²) >= 11 is 0. The molecule has 0 unspecified atom stereocenters. The fraction of sp³-hybridized carbons (Fsp3) is 0.167. The van der Waals surface area contributed by atoms with Crippen LogP contribution >= 0.6 is 7.37 Å². The van der Waals surface area contributed by atoms with Gasteiger partial charge in [-0.15, -0.1) is 0 Å². The summed E-state index contributed by atoms with van der Waals surface area (Å²) in [5.74, 6) is -0.816. The molecule has 174 valence electrons. The second-order valence-electron chi connectivity index (χ2n) is 7.58. The molecular weight excluding hydrogens is 453 g/mol. The van der Waals surface area contributed by atoms with Gasteiger partial charge in [-0.25, -0.2) is 9.67 Å². The smallest absolute Gasteiger partial charge is 0.262 e. The lowest BCUT2D eigenvalue weighted by atomic mass is 10.0. The molecule has 34 heavy (non-hydrogen) atoms. The predicted octanol–water partition coefficient (Wildman–Crippen LogP) is 3.78. The number of anilines is 1. The molecule has 0 saturated carbocycles. The fourth-order valence-corrected chi connectivity index (χ4v) is 4.77. The third kappa shape index (κ3) is 5.22. The summed E-state index contributed by atoms with van der Waals surface area (Å²) in [6, 6.07) is 16.5. The lowest BCUT2D eigenvalue weighted by Gasteiger charge is -2.14. The second-order valence-corrected chi connectivity index (χ2v) is 10.0. The number of para-hydroxylation sites is 1. The Hall–Kier alpha value is -3.81. The monoisotopic (exact) mass is 477 g/mol. The van der Waals surface area contributed by atoms with Gasteiger partial charge in [-0.1, -0.05) is 30.3 Å². The molecule has 0 spiro atoms. The van der Waals surface area contributed by atoms with Crippen LogP contribution in [0.1, 0.15) is 28.4 Å². The van der Waals surface area contributed by atoms with Gasteiger partial charge in [-0.2, -0.15) is 10.1 Å². The van der Waals surface area contributed by atoms with Crippen molar-refractivity contribution >= 4 is 24.3 Å². The van der Waals surface area contributed by atoms with E-state index in [4.69, 9.17) is 4.52 Å². The van der Waals surface area contributed by atoms with E-state index in [9.17, 15) is 14.5 Å². The van der Waals surface area contributed by atoms with Crippen molar-refractivity contribution in [2.45, 2.75) is 13.3 Å². The molecule has 1 amide bonds. The Morgan fingerprint density at radius 2 is 1.91 bits per heavy atom. The number of hydrogen-bond donors (Lipinski definition) is 2. The summed E-state index contributed by atoms with van der Waals surface area (Å²) in [5.41, 5.74) is 2.41. The quantitative estimate of drug-likeness (QED) is 0.371. The van der Waals surface area contributed by atoms with Crippen LogP contribution in [0.5, 0.6) is 5.88 Å². The van der Waals surface area contributed by atoms with Crippen molar-refractivity contribution in [3.05, 3.63) is 89.9 Å². The highest BCUT2D eigenvalue weighted by molar-refractivity contribution is 7.66. The van der Waals surface area contributed by atoms with Crippen LogP contribution in [0.3, 0.4) is 0 Å². The standard InChI is InChI=1S/C24H24N5O4P/c1-3-33-34(2,32)19-11-9-17(10-12-19)15-18-7-4-5-8-21(18)27-22(30)20-16-25-24(28-23(20)31)29-14-6-13-26-29/h4-14,16H,3,15H2,1-2H3,(H,27,30)(H,25,28,31)/t34-/m0/s1. The Morgan fingerprint density at radius 1 is 1.15 bits per heavy atom. The maximum absolute atomic E-state index is 12.8. The minimum Gasteiger partial charge on any atom is -0.493 e. The summed E-state index contributed by atoms with van der Waals surface area (Å²) in [4.78, 5) is 20.9. The van der Waals surface area contributed by atoms with Gasteiger partial charge in [0, 0.05) is 36.2 Å². The Morgan fingerprint density at radius 3 is 2.59 bits per heavy atom. The van der Waals surface area contributed by atoms with Crippen molar-refractivity contribution in [1.82, 2.24) is 19.7 Å². The third-order valence-corrected chi connectivity index (χ3v) is 7.14. The lowest BCUT2D eigenvalue weighted by Crippen LogP contribution is -2.15. The van der Waals surface area contributed by atoms with E-state index < -0.39 is 19.2 Å². The topological polar surface area (TPSA) is 119 Å². The van der Waals surface area contributed by atoms with Gasteiger partial charge in [0.1, 0.15) is 5.56 Å². The minimum absolute atomic E-state index is 0.0512. The van der Waals surface area contributed by atoms with Crippen LogP contribution in [0.25, 0.3) is 5.95 Å². The van der Waals surface area contributed by atoms with E-state index in [1.54, 1.807) is 31.2 Å². The first-order chi connectivity index (χ1) is 16.4. The third-order valence-electron chi connectivity index (χ3n) is 5.15.